The summed E-state index contributed by atoms with van der Waals surface area (Å²) in [6.45, 7) is 0. The van der Waals surface area contributed by atoms with Crippen molar-refractivity contribution < 1.29 is 4.92 Å². The van der Waals surface area contributed by atoms with Crippen LogP contribution in [0.4, 0.5) is 17.1 Å². The maximum absolute atomic E-state index is 11.1. The molecule has 0 saturated heterocycles. The zero-order valence-corrected chi connectivity index (χ0v) is 17.8. The molecule has 0 unspecified atom stereocenters. The molecule has 4 aromatic carbocycles. The molecule has 0 aliphatic carbocycles. The number of nitrogens with one attached hydrogen (secondary N) is 1. The van der Waals surface area contributed by atoms with Crippen LogP contribution in [0, 0.1) is 21.4 Å². The summed E-state index contributed by atoms with van der Waals surface area (Å²) < 4.78 is 0. The van der Waals surface area contributed by atoms with Crippen LogP contribution in [0.5, 0.6) is 0 Å². The number of fused-ring (bicyclic) bond motifs is 1. The molecule has 0 heterocycles. The van der Waals surface area contributed by atoms with Crippen LogP contribution >= 0.6 is 11.6 Å². The van der Waals surface area contributed by atoms with Gasteiger partial charge in [0.2, 0.25) is 5.84 Å². The molecule has 33 heavy (non-hydrogen) atoms. The van der Waals surface area contributed by atoms with Crippen LogP contribution in [0.15, 0.2) is 100 Å². The number of rotatable bonds is 5. The lowest BCUT2D eigenvalue weighted by Gasteiger charge is -2.05. The first-order valence-electron chi connectivity index (χ1n) is 9.71. The van der Waals surface area contributed by atoms with Gasteiger partial charge < -0.3 is 0 Å². The van der Waals surface area contributed by atoms with Crippen molar-refractivity contribution in [1.82, 2.24) is 0 Å². The Morgan fingerprint density at radius 1 is 0.970 bits per heavy atom. The first-order valence-corrected chi connectivity index (χ1v) is 10.1. The van der Waals surface area contributed by atoms with E-state index in [1.807, 2.05) is 42.5 Å². The number of nitriles is 1. The Hall–Kier alpha value is -4.61. The predicted octanol–water partition coefficient (Wildman–Crippen LogP) is 6.83. The van der Waals surface area contributed by atoms with Crippen LogP contribution in [0.2, 0.25) is 5.02 Å². The highest BCUT2D eigenvalue weighted by Gasteiger charge is 2.10. The normalized spacial score (nSPS) is 11.5. The third-order valence-electron chi connectivity index (χ3n) is 4.65. The van der Waals surface area contributed by atoms with E-state index < -0.39 is 4.92 Å². The van der Waals surface area contributed by atoms with Gasteiger partial charge in [0.15, 0.2) is 0 Å². The fourth-order valence-electron chi connectivity index (χ4n) is 3.04. The summed E-state index contributed by atoms with van der Waals surface area (Å²) in [4.78, 5) is 10.5. The molecule has 0 saturated carbocycles. The van der Waals surface area contributed by atoms with Crippen molar-refractivity contribution in [2.75, 3.05) is 5.43 Å². The van der Waals surface area contributed by atoms with Gasteiger partial charge in [0.1, 0.15) is 0 Å². The van der Waals surface area contributed by atoms with E-state index in [2.05, 4.69) is 26.8 Å². The Labute approximate surface area is 193 Å². The van der Waals surface area contributed by atoms with Gasteiger partial charge in [0.05, 0.1) is 27.9 Å². The van der Waals surface area contributed by atoms with Crippen molar-refractivity contribution in [1.29, 1.82) is 5.26 Å². The maximum Gasteiger partial charge on any atom is 0.273 e. The van der Waals surface area contributed by atoms with Gasteiger partial charge in [-0.15, -0.1) is 10.2 Å². The molecule has 0 bridgehead atoms. The highest BCUT2D eigenvalue weighted by Crippen LogP contribution is 2.26. The molecule has 160 valence electrons. The monoisotopic (exact) mass is 454 g/mol. The first kappa shape index (κ1) is 21.6. The smallest absolute Gasteiger partial charge is 0.273 e. The Morgan fingerprint density at radius 2 is 1.73 bits per heavy atom. The van der Waals surface area contributed by atoms with Gasteiger partial charge in [0, 0.05) is 22.7 Å². The van der Waals surface area contributed by atoms with E-state index >= 15 is 0 Å². The van der Waals surface area contributed by atoms with Crippen LogP contribution in [-0.4, -0.2) is 10.8 Å². The maximum atomic E-state index is 11.1. The minimum atomic E-state index is -0.554. The minimum Gasteiger partial charge on any atom is -0.276 e. The number of benzene rings is 4. The van der Waals surface area contributed by atoms with Crippen LogP contribution in [-0.2, 0) is 0 Å². The van der Waals surface area contributed by atoms with E-state index in [0.29, 0.717) is 11.1 Å². The third-order valence-corrected chi connectivity index (χ3v) is 4.87. The molecule has 8 nitrogen and oxygen atoms in total. The molecule has 1 N–H and O–H groups in total. The van der Waals surface area contributed by atoms with E-state index in [0.717, 1.165) is 16.5 Å². The summed E-state index contributed by atoms with van der Waals surface area (Å²) in [5.74, 6) is 0.218. The molecule has 0 radical (unpaired) electrons. The topological polar surface area (TPSA) is 116 Å². The van der Waals surface area contributed by atoms with Gasteiger partial charge >= 0.3 is 0 Å². The Balaban J connectivity index is 1.68. The fourth-order valence-corrected chi connectivity index (χ4v) is 3.27. The summed E-state index contributed by atoms with van der Waals surface area (Å²) in [5, 5.41) is 35.1. The van der Waals surface area contributed by atoms with Gasteiger partial charge in [-0.3, -0.25) is 15.5 Å². The van der Waals surface area contributed by atoms with Crippen molar-refractivity contribution in [3.05, 3.63) is 111 Å². The quantitative estimate of drug-likeness (QED) is 0.117. The minimum absolute atomic E-state index is 0.171. The average molecular weight is 455 g/mol. The number of hydrogen-bond acceptors (Lipinski definition) is 6. The van der Waals surface area contributed by atoms with Crippen molar-refractivity contribution >= 4 is 45.3 Å². The molecule has 0 amide bonds. The van der Waals surface area contributed by atoms with Gasteiger partial charge in [-0.05, 0) is 53.2 Å². The lowest BCUT2D eigenvalue weighted by molar-refractivity contribution is -0.384. The van der Waals surface area contributed by atoms with E-state index in [9.17, 15) is 10.1 Å². The number of nitrogens with zero attached hydrogens (tertiary/aromatic N) is 5. The molecule has 0 aromatic heterocycles. The zero-order chi connectivity index (χ0) is 23.2. The molecule has 9 heteroatoms. The van der Waals surface area contributed by atoms with Crippen LogP contribution in [0.3, 0.4) is 0 Å². The lowest BCUT2D eigenvalue weighted by atomic mass is 10.1. The number of hydrogen-bond donors (Lipinski definition) is 1. The molecule has 0 atom stereocenters. The van der Waals surface area contributed by atoms with Gasteiger partial charge in [-0.25, -0.2) is 0 Å². The fraction of sp³-hybridized carbons (Fsp3) is 0. The second-order valence-corrected chi connectivity index (χ2v) is 7.36. The lowest BCUT2D eigenvalue weighted by Crippen LogP contribution is -2.01. The number of anilines is 1. The Bertz CT molecular complexity index is 1440. The average Bonchev–Trinajstić information content (AvgIpc) is 2.83. The summed E-state index contributed by atoms with van der Waals surface area (Å²) >= 11 is 5.97. The van der Waals surface area contributed by atoms with Gasteiger partial charge in [0.25, 0.3) is 5.69 Å². The second-order valence-electron chi connectivity index (χ2n) is 6.92. The van der Waals surface area contributed by atoms with Crippen LogP contribution in [0.1, 0.15) is 11.1 Å². The van der Waals surface area contributed by atoms with E-state index in [1.165, 1.54) is 18.2 Å². The standard InChI is InChI=1S/C24H15ClN6O2/c25-20-12-22(14-23(13-20)31(32)33)28-30-24(18-7-5-16(15-26)6-8-18)29-27-21-10-9-17-3-1-2-4-19(17)11-21/h1-14,27H/b29-24+,30-28+. The summed E-state index contributed by atoms with van der Waals surface area (Å²) in [6.07, 6.45) is 0. The number of nitro benzene ring substituents is 1. The summed E-state index contributed by atoms with van der Waals surface area (Å²) in [7, 11) is 0. The molecular weight excluding hydrogens is 440 g/mol. The summed E-state index contributed by atoms with van der Waals surface area (Å²) in [5.41, 5.74) is 4.83. The van der Waals surface area contributed by atoms with Gasteiger partial charge in [-0.1, -0.05) is 41.9 Å². The number of amidine groups is 1. The first-order chi connectivity index (χ1) is 16.0. The van der Waals surface area contributed by atoms with Crippen molar-refractivity contribution in [2.45, 2.75) is 0 Å². The zero-order valence-electron chi connectivity index (χ0n) is 17.0. The number of halogens is 1. The molecule has 0 spiro atoms. The number of hydrazone groups is 1. The Kier molecular flexibility index (Phi) is 6.34. The highest BCUT2D eigenvalue weighted by molar-refractivity contribution is 6.31. The van der Waals surface area contributed by atoms with Crippen LogP contribution < -0.4 is 5.43 Å². The molecule has 0 aliphatic rings. The van der Waals surface area contributed by atoms with E-state index in [4.69, 9.17) is 16.9 Å². The molecule has 0 aliphatic heterocycles. The highest BCUT2D eigenvalue weighted by atomic mass is 35.5. The second kappa shape index (κ2) is 9.68. The SMILES string of the molecule is N#Cc1ccc(C(/N=N/c2cc(Cl)cc([N+](=O)[O-])c2)=N\Nc2ccc3ccccc3c2)cc1. The number of non-ortho nitro benzene ring substituents is 1. The van der Waals surface area contributed by atoms with Crippen molar-refractivity contribution in [3.63, 3.8) is 0 Å². The van der Waals surface area contributed by atoms with Crippen LogP contribution in [0.25, 0.3) is 10.8 Å². The molecule has 0 fully saturated rings. The molecular formula is C24H15ClN6O2. The number of nitro groups is 1. The largest absolute Gasteiger partial charge is 0.276 e. The third kappa shape index (κ3) is 5.36. The summed E-state index contributed by atoms with van der Waals surface area (Å²) in [6, 6.07) is 26.4. The molecule has 4 rings (SSSR count). The van der Waals surface area contributed by atoms with E-state index in [1.54, 1.807) is 24.3 Å². The predicted molar refractivity (Wildman–Crippen MR) is 128 cm³/mol. The molecule has 4 aromatic rings. The van der Waals surface area contributed by atoms with E-state index in [-0.39, 0.29) is 22.2 Å². The van der Waals surface area contributed by atoms with Crippen molar-refractivity contribution in [2.24, 2.45) is 15.3 Å². The number of azo groups is 1. The van der Waals surface area contributed by atoms with Gasteiger partial charge in [-0.2, -0.15) is 10.4 Å². The Morgan fingerprint density at radius 3 is 2.45 bits per heavy atom. The van der Waals surface area contributed by atoms with Crippen molar-refractivity contribution in [3.8, 4) is 6.07 Å².